The van der Waals surface area contributed by atoms with E-state index in [2.05, 4.69) is 33.5 Å². The number of amides is 1. The van der Waals surface area contributed by atoms with Crippen LogP contribution in [0.5, 0.6) is 0 Å². The Balaban J connectivity index is 1.41. The highest BCUT2D eigenvalue weighted by Gasteiger charge is 2.20. The molecule has 0 bridgehead atoms. The summed E-state index contributed by atoms with van der Waals surface area (Å²) in [6.45, 7) is 3.56. The first-order valence-corrected chi connectivity index (χ1v) is 10.2. The van der Waals surface area contributed by atoms with Gasteiger partial charge < -0.3 is 9.73 Å². The van der Waals surface area contributed by atoms with Gasteiger partial charge in [-0.2, -0.15) is 0 Å². The first kappa shape index (κ1) is 18.7. The molecule has 5 nitrogen and oxygen atoms in total. The second-order valence-corrected chi connectivity index (χ2v) is 8.00. The van der Waals surface area contributed by atoms with Gasteiger partial charge in [-0.25, -0.2) is 4.98 Å². The molecule has 28 heavy (non-hydrogen) atoms. The smallest absolute Gasteiger partial charge is 0.246 e. The zero-order valence-electron chi connectivity index (χ0n) is 16.6. The number of oxazole rings is 1. The number of fused-ring (bicyclic) bond motifs is 1. The van der Waals surface area contributed by atoms with Crippen LogP contribution in [-0.2, 0) is 17.6 Å². The largest absolute Gasteiger partial charge is 0.435 e. The standard InChI is InChI=1S/C23H27N3O2/c1-15(25-16(2)27)3-4-19-10-12-21(24-14-19)23-26-20-11-9-18(13-22(20)28-23)8-7-17-5-6-17/h9-15,17H,3-8H2,1-2H3,(H,25,27)/t15-/m0/s1. The zero-order chi connectivity index (χ0) is 19.5. The van der Waals surface area contributed by atoms with Gasteiger partial charge in [-0.05, 0) is 67.9 Å². The van der Waals surface area contributed by atoms with Crippen molar-refractivity contribution in [1.82, 2.24) is 15.3 Å². The summed E-state index contributed by atoms with van der Waals surface area (Å²) in [6.07, 6.45) is 8.78. The second kappa shape index (κ2) is 8.13. The maximum atomic E-state index is 11.1. The molecule has 0 unspecified atom stereocenters. The summed E-state index contributed by atoms with van der Waals surface area (Å²) in [7, 11) is 0. The molecule has 0 radical (unpaired) electrons. The molecule has 0 spiro atoms. The Morgan fingerprint density at radius 3 is 2.75 bits per heavy atom. The van der Waals surface area contributed by atoms with E-state index in [0.29, 0.717) is 5.89 Å². The molecule has 1 saturated carbocycles. The number of aromatic nitrogens is 2. The molecule has 0 aliphatic heterocycles. The Labute approximate surface area is 165 Å². The van der Waals surface area contributed by atoms with Gasteiger partial charge in [0.25, 0.3) is 0 Å². The van der Waals surface area contributed by atoms with Crippen LogP contribution in [0.25, 0.3) is 22.7 Å². The third-order valence-electron chi connectivity index (χ3n) is 5.35. The summed E-state index contributed by atoms with van der Waals surface area (Å²) in [5.74, 6) is 1.50. The average molecular weight is 377 g/mol. The molecule has 1 atom stereocenters. The molecule has 2 heterocycles. The van der Waals surface area contributed by atoms with Crippen LogP contribution in [0, 0.1) is 5.92 Å². The molecule has 0 saturated heterocycles. The van der Waals surface area contributed by atoms with Crippen LogP contribution in [0.1, 0.15) is 50.7 Å². The third-order valence-corrected chi connectivity index (χ3v) is 5.35. The highest BCUT2D eigenvalue weighted by atomic mass is 16.3. The normalized spacial score (nSPS) is 14.9. The summed E-state index contributed by atoms with van der Waals surface area (Å²) in [5, 5.41) is 2.90. The summed E-state index contributed by atoms with van der Waals surface area (Å²) < 4.78 is 5.98. The van der Waals surface area contributed by atoms with Gasteiger partial charge in [-0.1, -0.05) is 25.0 Å². The van der Waals surface area contributed by atoms with Crippen molar-refractivity contribution in [2.45, 2.75) is 58.4 Å². The molecule has 146 valence electrons. The molecule has 2 aromatic heterocycles. The number of carbonyl (C=O) groups is 1. The maximum absolute atomic E-state index is 11.1. The lowest BCUT2D eigenvalue weighted by Gasteiger charge is -2.11. The van der Waals surface area contributed by atoms with E-state index in [1.54, 1.807) is 6.92 Å². The molecule has 4 rings (SSSR count). The molecule has 1 aliphatic rings. The van der Waals surface area contributed by atoms with Gasteiger partial charge in [0.1, 0.15) is 11.2 Å². The molecule has 1 fully saturated rings. The average Bonchev–Trinajstić information content (AvgIpc) is 3.41. The van der Waals surface area contributed by atoms with Crippen molar-refractivity contribution in [1.29, 1.82) is 0 Å². The lowest BCUT2D eigenvalue weighted by atomic mass is 10.1. The van der Waals surface area contributed by atoms with E-state index in [0.717, 1.165) is 47.5 Å². The maximum Gasteiger partial charge on any atom is 0.246 e. The van der Waals surface area contributed by atoms with Gasteiger partial charge in [0.2, 0.25) is 11.8 Å². The topological polar surface area (TPSA) is 68.0 Å². The number of benzene rings is 1. The number of carbonyl (C=O) groups excluding carboxylic acids is 1. The van der Waals surface area contributed by atoms with Gasteiger partial charge in [0, 0.05) is 19.2 Å². The van der Waals surface area contributed by atoms with E-state index in [-0.39, 0.29) is 11.9 Å². The van der Waals surface area contributed by atoms with Crippen molar-refractivity contribution in [2.75, 3.05) is 0 Å². The van der Waals surface area contributed by atoms with Crippen molar-refractivity contribution < 1.29 is 9.21 Å². The highest BCUT2D eigenvalue weighted by Crippen LogP contribution is 2.34. The van der Waals surface area contributed by atoms with Crippen LogP contribution < -0.4 is 5.32 Å². The van der Waals surface area contributed by atoms with Crippen LogP contribution in [-0.4, -0.2) is 21.9 Å². The number of hydrogen-bond donors (Lipinski definition) is 1. The number of pyridine rings is 1. The van der Waals surface area contributed by atoms with Gasteiger partial charge in [-0.15, -0.1) is 0 Å². The first-order valence-electron chi connectivity index (χ1n) is 10.2. The van der Waals surface area contributed by atoms with E-state index in [1.165, 1.54) is 24.8 Å². The number of aryl methyl sites for hydroxylation is 2. The lowest BCUT2D eigenvalue weighted by molar-refractivity contribution is -0.119. The predicted octanol–water partition coefficient (Wildman–Crippen LogP) is 4.69. The molecule has 3 aromatic rings. The first-order chi connectivity index (χ1) is 13.6. The van der Waals surface area contributed by atoms with Crippen molar-refractivity contribution in [3.63, 3.8) is 0 Å². The Kier molecular flexibility index (Phi) is 5.42. The minimum Gasteiger partial charge on any atom is -0.435 e. The monoisotopic (exact) mass is 377 g/mol. The molecule has 1 aromatic carbocycles. The summed E-state index contributed by atoms with van der Waals surface area (Å²) in [4.78, 5) is 20.2. The van der Waals surface area contributed by atoms with E-state index in [9.17, 15) is 4.79 Å². The number of rotatable bonds is 8. The van der Waals surface area contributed by atoms with Crippen molar-refractivity contribution in [3.05, 3.63) is 47.7 Å². The van der Waals surface area contributed by atoms with Crippen molar-refractivity contribution >= 4 is 17.0 Å². The zero-order valence-corrected chi connectivity index (χ0v) is 16.6. The predicted molar refractivity (Wildman–Crippen MR) is 110 cm³/mol. The fourth-order valence-corrected chi connectivity index (χ4v) is 3.51. The molecular weight excluding hydrogens is 350 g/mol. The SMILES string of the molecule is CC(=O)N[C@@H](C)CCc1ccc(-c2nc3ccc(CCC4CC4)cc3o2)nc1. The van der Waals surface area contributed by atoms with Crippen LogP contribution in [0.3, 0.4) is 0 Å². The van der Waals surface area contributed by atoms with Crippen LogP contribution in [0.2, 0.25) is 0 Å². The molecule has 5 heteroatoms. The fraction of sp³-hybridized carbons (Fsp3) is 0.435. The van der Waals surface area contributed by atoms with Gasteiger partial charge >= 0.3 is 0 Å². The van der Waals surface area contributed by atoms with E-state index < -0.39 is 0 Å². The van der Waals surface area contributed by atoms with Gasteiger partial charge in [0.05, 0.1) is 0 Å². The molecule has 1 N–H and O–H groups in total. The lowest BCUT2D eigenvalue weighted by Crippen LogP contribution is -2.30. The van der Waals surface area contributed by atoms with Crippen LogP contribution in [0.15, 0.2) is 40.9 Å². The highest BCUT2D eigenvalue weighted by molar-refractivity contribution is 5.76. The van der Waals surface area contributed by atoms with Crippen LogP contribution >= 0.6 is 0 Å². The summed E-state index contributed by atoms with van der Waals surface area (Å²) in [6, 6.07) is 10.5. The summed E-state index contributed by atoms with van der Waals surface area (Å²) >= 11 is 0. The van der Waals surface area contributed by atoms with Crippen LogP contribution in [0.4, 0.5) is 0 Å². The van der Waals surface area contributed by atoms with Crippen molar-refractivity contribution in [3.8, 4) is 11.6 Å². The fourth-order valence-electron chi connectivity index (χ4n) is 3.51. The third kappa shape index (κ3) is 4.77. The van der Waals surface area contributed by atoms with Gasteiger partial charge in [-0.3, -0.25) is 9.78 Å². The van der Waals surface area contributed by atoms with E-state index in [4.69, 9.17) is 4.42 Å². The minimum atomic E-state index is 0.00706. The van der Waals surface area contributed by atoms with E-state index in [1.807, 2.05) is 25.3 Å². The number of hydrogen-bond acceptors (Lipinski definition) is 4. The quantitative estimate of drug-likeness (QED) is 0.618. The Hall–Kier alpha value is -2.69. The van der Waals surface area contributed by atoms with E-state index >= 15 is 0 Å². The van der Waals surface area contributed by atoms with Crippen molar-refractivity contribution in [2.24, 2.45) is 5.92 Å². The Morgan fingerprint density at radius 1 is 1.21 bits per heavy atom. The Morgan fingerprint density at radius 2 is 2.04 bits per heavy atom. The molecular formula is C23H27N3O2. The minimum absolute atomic E-state index is 0.00706. The number of nitrogens with zero attached hydrogens (tertiary/aromatic N) is 2. The van der Waals surface area contributed by atoms with Gasteiger partial charge in [0.15, 0.2) is 5.58 Å². The Bertz CT molecular complexity index is 958. The number of nitrogens with one attached hydrogen (secondary N) is 1. The summed E-state index contributed by atoms with van der Waals surface area (Å²) in [5.41, 5.74) is 4.91. The molecule has 1 aliphatic carbocycles. The molecule has 1 amide bonds. The second-order valence-electron chi connectivity index (χ2n) is 8.00.